The van der Waals surface area contributed by atoms with Crippen LogP contribution in [0.25, 0.3) is 0 Å². The highest BCUT2D eigenvalue weighted by atomic mass is 32.2. The molecule has 13 nitrogen and oxygen atoms in total. The zero-order valence-electron chi connectivity index (χ0n) is 21.7. The van der Waals surface area contributed by atoms with E-state index in [-0.39, 0.29) is 85.1 Å². The third kappa shape index (κ3) is 11.7. The number of halogens is 3. The molecule has 226 valence electrons. The van der Waals surface area contributed by atoms with E-state index >= 15 is 0 Å². The van der Waals surface area contributed by atoms with Crippen LogP contribution in [0.4, 0.5) is 13.2 Å². The second kappa shape index (κ2) is 15.2. The number of rotatable bonds is 11. The Bertz CT molecular complexity index is 1090. The van der Waals surface area contributed by atoms with Gasteiger partial charge in [-0.05, 0) is 12.1 Å². The number of sulfonamides is 1. The van der Waals surface area contributed by atoms with Gasteiger partial charge in [0.15, 0.2) is 0 Å². The van der Waals surface area contributed by atoms with Crippen LogP contribution in [-0.2, 0) is 30.6 Å². The summed E-state index contributed by atoms with van der Waals surface area (Å²) in [6, 6.07) is 3.82. The number of carboxylic acid groups (broad SMARTS) is 3. The molecule has 0 amide bonds. The van der Waals surface area contributed by atoms with Gasteiger partial charge in [-0.25, -0.2) is 13.1 Å². The van der Waals surface area contributed by atoms with E-state index in [0.29, 0.717) is 6.07 Å². The standard InChI is InChI=1S/C23H34F3N5O8S/c24-23(25,26)18-3-1-2-4-19(18)40(38,39)27-5-6-28-7-9-29(15-20(32)33)11-13-31(17-22(36)37)14-12-30(10-8-28)16-21(34)35/h1-4,27H,5-17H2,(H,32,33)(H,34,35)(H,36,37). The number of carboxylic acids is 3. The molecule has 1 fully saturated rings. The third-order valence-corrected chi connectivity index (χ3v) is 7.73. The Morgan fingerprint density at radius 1 is 0.725 bits per heavy atom. The maximum atomic E-state index is 13.3. The number of nitrogens with one attached hydrogen (secondary N) is 1. The monoisotopic (exact) mass is 597 g/mol. The van der Waals surface area contributed by atoms with Gasteiger partial charge in [0.05, 0.1) is 30.1 Å². The maximum absolute atomic E-state index is 13.3. The van der Waals surface area contributed by atoms with E-state index in [1.165, 1.54) is 6.07 Å². The number of carbonyl (C=O) groups is 3. The molecule has 0 atom stereocenters. The van der Waals surface area contributed by atoms with Crippen molar-refractivity contribution < 1.29 is 51.3 Å². The first kappa shape index (κ1) is 33.4. The average molecular weight is 598 g/mol. The molecule has 1 aromatic carbocycles. The van der Waals surface area contributed by atoms with Crippen LogP contribution < -0.4 is 4.72 Å². The number of alkyl halides is 3. The van der Waals surface area contributed by atoms with Crippen molar-refractivity contribution in [3.63, 3.8) is 0 Å². The van der Waals surface area contributed by atoms with E-state index in [2.05, 4.69) is 4.72 Å². The van der Waals surface area contributed by atoms with Gasteiger partial charge < -0.3 is 15.3 Å². The van der Waals surface area contributed by atoms with Gasteiger partial charge in [-0.1, -0.05) is 12.1 Å². The Balaban J connectivity index is 2.15. The zero-order chi connectivity index (χ0) is 29.9. The summed E-state index contributed by atoms with van der Waals surface area (Å²) in [6.07, 6.45) is -4.87. The van der Waals surface area contributed by atoms with Crippen molar-refractivity contribution >= 4 is 27.9 Å². The van der Waals surface area contributed by atoms with Crippen LogP contribution in [0.3, 0.4) is 0 Å². The summed E-state index contributed by atoms with van der Waals surface area (Å²) in [5.41, 5.74) is -1.29. The Morgan fingerprint density at radius 3 is 1.48 bits per heavy atom. The van der Waals surface area contributed by atoms with Crippen LogP contribution in [0.2, 0.25) is 0 Å². The lowest BCUT2D eigenvalue weighted by atomic mass is 10.2. The van der Waals surface area contributed by atoms with Gasteiger partial charge in [0.1, 0.15) is 0 Å². The van der Waals surface area contributed by atoms with Crippen LogP contribution in [0.15, 0.2) is 29.2 Å². The number of nitrogens with zero attached hydrogens (tertiary/aromatic N) is 4. The Kier molecular flexibility index (Phi) is 12.7. The highest BCUT2D eigenvalue weighted by Gasteiger charge is 2.36. The number of benzene rings is 1. The van der Waals surface area contributed by atoms with Crippen LogP contribution >= 0.6 is 0 Å². The highest BCUT2D eigenvalue weighted by molar-refractivity contribution is 7.89. The van der Waals surface area contributed by atoms with Crippen LogP contribution in [0.5, 0.6) is 0 Å². The van der Waals surface area contributed by atoms with Crippen molar-refractivity contribution in [1.29, 1.82) is 0 Å². The molecule has 0 saturated carbocycles. The SMILES string of the molecule is O=C(O)CN1CCN(CCNS(=O)(=O)c2ccccc2C(F)(F)F)CCN(CC(=O)O)CCN(CC(=O)O)CC1. The molecule has 1 aliphatic rings. The lowest BCUT2D eigenvalue weighted by Crippen LogP contribution is -2.49. The van der Waals surface area contributed by atoms with E-state index in [9.17, 15) is 51.3 Å². The molecule has 0 bridgehead atoms. The highest BCUT2D eigenvalue weighted by Crippen LogP contribution is 2.33. The van der Waals surface area contributed by atoms with Crippen molar-refractivity contribution in [2.45, 2.75) is 11.1 Å². The van der Waals surface area contributed by atoms with Crippen LogP contribution in [-0.4, -0.2) is 146 Å². The van der Waals surface area contributed by atoms with Gasteiger partial charge in [-0.2, -0.15) is 13.2 Å². The minimum absolute atomic E-state index is 0.0559. The maximum Gasteiger partial charge on any atom is 0.417 e. The lowest BCUT2D eigenvalue weighted by Gasteiger charge is -2.33. The van der Waals surface area contributed by atoms with Crippen molar-refractivity contribution in [2.75, 3.05) is 85.1 Å². The first-order valence-electron chi connectivity index (χ1n) is 12.4. The van der Waals surface area contributed by atoms with Crippen LogP contribution in [0.1, 0.15) is 5.56 Å². The zero-order valence-corrected chi connectivity index (χ0v) is 22.5. The molecule has 1 saturated heterocycles. The fourth-order valence-corrected chi connectivity index (χ4v) is 5.45. The first-order chi connectivity index (χ1) is 18.7. The predicted molar refractivity (Wildman–Crippen MR) is 135 cm³/mol. The van der Waals surface area contributed by atoms with Crippen molar-refractivity contribution in [3.05, 3.63) is 29.8 Å². The van der Waals surface area contributed by atoms with Gasteiger partial charge in [0.25, 0.3) is 0 Å². The number of hydrogen-bond donors (Lipinski definition) is 4. The Hall–Kier alpha value is -2.83. The molecule has 0 aromatic heterocycles. The second-order valence-electron chi connectivity index (χ2n) is 9.24. The molecule has 0 spiro atoms. The lowest BCUT2D eigenvalue weighted by molar-refractivity contribution is -0.140. The van der Waals surface area contributed by atoms with Gasteiger partial charge in [0.2, 0.25) is 10.0 Å². The number of aliphatic carboxylic acids is 3. The fourth-order valence-electron chi connectivity index (χ4n) is 4.20. The molecule has 0 aliphatic carbocycles. The molecule has 0 unspecified atom stereocenters. The molecule has 1 aromatic rings. The topological polar surface area (TPSA) is 171 Å². The average Bonchev–Trinajstić information content (AvgIpc) is 2.83. The summed E-state index contributed by atoms with van der Waals surface area (Å²) in [5.74, 6) is -3.26. The molecule has 2 rings (SSSR count). The minimum Gasteiger partial charge on any atom is -0.480 e. The van der Waals surface area contributed by atoms with E-state index in [0.717, 1.165) is 12.1 Å². The number of hydrogen-bond acceptors (Lipinski definition) is 9. The minimum atomic E-state index is -4.87. The summed E-state index contributed by atoms with van der Waals surface area (Å²) in [6.45, 7) is 0.665. The van der Waals surface area contributed by atoms with E-state index in [1.54, 1.807) is 19.6 Å². The molecule has 17 heteroatoms. The molecular weight excluding hydrogens is 563 g/mol. The van der Waals surface area contributed by atoms with Crippen molar-refractivity contribution in [2.24, 2.45) is 0 Å². The van der Waals surface area contributed by atoms with E-state index in [1.807, 2.05) is 0 Å². The van der Waals surface area contributed by atoms with Crippen molar-refractivity contribution in [1.82, 2.24) is 24.3 Å². The molecule has 40 heavy (non-hydrogen) atoms. The fraction of sp³-hybridized carbons (Fsp3) is 0.609. The summed E-state index contributed by atoms with van der Waals surface area (Å²) < 4.78 is 67.5. The van der Waals surface area contributed by atoms with Gasteiger partial charge in [-0.3, -0.25) is 34.0 Å². The van der Waals surface area contributed by atoms with E-state index in [4.69, 9.17) is 0 Å². The summed E-state index contributed by atoms with van der Waals surface area (Å²) in [4.78, 5) is 39.7. The van der Waals surface area contributed by atoms with Gasteiger partial charge >= 0.3 is 24.1 Å². The molecule has 0 radical (unpaired) electrons. The van der Waals surface area contributed by atoms with Gasteiger partial charge in [-0.15, -0.1) is 0 Å². The summed E-state index contributed by atoms with van der Waals surface area (Å²) >= 11 is 0. The molecule has 4 N–H and O–H groups in total. The van der Waals surface area contributed by atoms with E-state index < -0.39 is 44.6 Å². The Morgan fingerprint density at radius 2 is 1.10 bits per heavy atom. The molecular formula is C23H34F3N5O8S. The van der Waals surface area contributed by atoms with Gasteiger partial charge in [0, 0.05) is 65.4 Å². The smallest absolute Gasteiger partial charge is 0.417 e. The largest absolute Gasteiger partial charge is 0.480 e. The summed E-state index contributed by atoms with van der Waals surface area (Å²) in [5, 5.41) is 27.8. The summed E-state index contributed by atoms with van der Waals surface area (Å²) in [7, 11) is -4.51. The predicted octanol–water partition coefficient (Wildman–Crippen LogP) is -0.541. The second-order valence-corrected chi connectivity index (χ2v) is 11.0. The Labute approximate surface area is 229 Å². The van der Waals surface area contributed by atoms with Crippen LogP contribution in [0, 0.1) is 0 Å². The first-order valence-corrected chi connectivity index (χ1v) is 13.9. The quantitative estimate of drug-likeness (QED) is 0.257. The molecule has 1 heterocycles. The normalized spacial score (nSPS) is 18.1. The third-order valence-electron chi connectivity index (χ3n) is 6.21. The molecule has 1 aliphatic heterocycles. The van der Waals surface area contributed by atoms with Crippen molar-refractivity contribution in [3.8, 4) is 0 Å².